The van der Waals surface area contributed by atoms with Gasteiger partial charge in [0.25, 0.3) is 0 Å². The largest absolute Gasteiger partial charge is 0.444 e. The standard InChI is InChI=1S/C18H26N2O3/c1-18(2,3)23-17(22)20-9-8-16(21)15(20)10-12-11-19-14-7-5-4-6-13(12)14/h4-7,12,15-16,19,21H,8-11H2,1-3H3/t12?,15-,16-/m1/s1. The summed E-state index contributed by atoms with van der Waals surface area (Å²) in [4.78, 5) is 14.1. The van der Waals surface area contributed by atoms with E-state index in [1.807, 2.05) is 32.9 Å². The van der Waals surface area contributed by atoms with E-state index in [-0.39, 0.29) is 12.1 Å². The van der Waals surface area contributed by atoms with Crippen LogP contribution in [0.2, 0.25) is 0 Å². The molecule has 2 aliphatic heterocycles. The van der Waals surface area contributed by atoms with E-state index in [4.69, 9.17) is 4.74 Å². The number of anilines is 1. The molecule has 1 amide bonds. The van der Waals surface area contributed by atoms with Gasteiger partial charge in [-0.25, -0.2) is 4.79 Å². The highest BCUT2D eigenvalue weighted by atomic mass is 16.6. The molecule has 1 saturated heterocycles. The van der Waals surface area contributed by atoms with Gasteiger partial charge in [-0.05, 0) is 45.2 Å². The minimum absolute atomic E-state index is 0.178. The molecule has 1 aromatic carbocycles. The van der Waals surface area contributed by atoms with Crippen molar-refractivity contribution in [1.82, 2.24) is 4.90 Å². The smallest absolute Gasteiger partial charge is 0.410 e. The van der Waals surface area contributed by atoms with E-state index in [1.54, 1.807) is 4.90 Å². The van der Waals surface area contributed by atoms with Crippen molar-refractivity contribution in [3.05, 3.63) is 29.8 Å². The molecular formula is C18H26N2O3. The molecule has 0 aliphatic carbocycles. The van der Waals surface area contributed by atoms with Gasteiger partial charge < -0.3 is 20.1 Å². The highest BCUT2D eigenvalue weighted by molar-refractivity contribution is 5.69. The van der Waals surface area contributed by atoms with Crippen LogP contribution in [0.1, 0.15) is 45.1 Å². The van der Waals surface area contributed by atoms with E-state index < -0.39 is 11.7 Å². The Balaban J connectivity index is 1.72. The van der Waals surface area contributed by atoms with Gasteiger partial charge in [-0.3, -0.25) is 0 Å². The second-order valence-electron chi connectivity index (χ2n) is 7.50. The van der Waals surface area contributed by atoms with Crippen molar-refractivity contribution in [1.29, 1.82) is 0 Å². The number of fused-ring (bicyclic) bond motifs is 1. The average Bonchev–Trinajstić information content (AvgIpc) is 3.03. The van der Waals surface area contributed by atoms with Gasteiger partial charge in [0, 0.05) is 24.7 Å². The molecule has 0 radical (unpaired) electrons. The Hall–Kier alpha value is -1.75. The lowest BCUT2D eigenvalue weighted by Crippen LogP contribution is -2.43. The summed E-state index contributed by atoms with van der Waals surface area (Å²) in [7, 11) is 0. The van der Waals surface area contributed by atoms with Crippen LogP contribution in [-0.2, 0) is 4.74 Å². The summed E-state index contributed by atoms with van der Waals surface area (Å²) in [5.41, 5.74) is 1.92. The SMILES string of the molecule is CC(C)(C)OC(=O)N1CC[C@@H](O)[C@H]1CC1CNc2ccccc21. The molecule has 23 heavy (non-hydrogen) atoms. The number of amides is 1. The van der Waals surface area contributed by atoms with Gasteiger partial charge in [-0.15, -0.1) is 0 Å². The topological polar surface area (TPSA) is 61.8 Å². The van der Waals surface area contributed by atoms with Gasteiger partial charge in [0.1, 0.15) is 5.60 Å². The van der Waals surface area contributed by atoms with E-state index in [9.17, 15) is 9.90 Å². The zero-order chi connectivity index (χ0) is 16.6. The maximum atomic E-state index is 12.4. The number of aliphatic hydroxyl groups is 1. The van der Waals surface area contributed by atoms with Gasteiger partial charge in [-0.1, -0.05) is 18.2 Å². The van der Waals surface area contributed by atoms with Crippen LogP contribution < -0.4 is 5.32 Å². The number of aliphatic hydroxyl groups excluding tert-OH is 1. The first-order chi connectivity index (χ1) is 10.8. The van der Waals surface area contributed by atoms with Crippen LogP contribution in [0.15, 0.2) is 24.3 Å². The van der Waals surface area contributed by atoms with Gasteiger partial charge in [0.15, 0.2) is 0 Å². The maximum absolute atomic E-state index is 12.4. The van der Waals surface area contributed by atoms with E-state index in [1.165, 1.54) is 5.56 Å². The Morgan fingerprint density at radius 2 is 2.13 bits per heavy atom. The molecule has 2 heterocycles. The van der Waals surface area contributed by atoms with E-state index in [0.29, 0.717) is 18.9 Å². The van der Waals surface area contributed by atoms with Crippen molar-refractivity contribution < 1.29 is 14.6 Å². The van der Waals surface area contributed by atoms with Crippen molar-refractivity contribution >= 4 is 11.8 Å². The lowest BCUT2D eigenvalue weighted by molar-refractivity contribution is 0.0138. The number of nitrogens with one attached hydrogen (secondary N) is 1. The number of para-hydroxylation sites is 1. The molecule has 0 saturated carbocycles. The van der Waals surface area contributed by atoms with Crippen LogP contribution in [-0.4, -0.2) is 46.9 Å². The molecule has 1 fully saturated rings. The first-order valence-electron chi connectivity index (χ1n) is 8.35. The molecule has 126 valence electrons. The summed E-state index contributed by atoms with van der Waals surface area (Å²) in [5, 5.41) is 13.8. The number of benzene rings is 1. The molecule has 2 N–H and O–H groups in total. The number of ether oxygens (including phenoxy) is 1. The van der Waals surface area contributed by atoms with Crippen molar-refractivity contribution in [2.24, 2.45) is 0 Å². The maximum Gasteiger partial charge on any atom is 0.410 e. The predicted molar refractivity (Wildman–Crippen MR) is 89.6 cm³/mol. The zero-order valence-corrected chi connectivity index (χ0v) is 14.1. The number of hydrogen-bond donors (Lipinski definition) is 2. The molecule has 5 heteroatoms. The summed E-state index contributed by atoms with van der Waals surface area (Å²) >= 11 is 0. The van der Waals surface area contributed by atoms with Crippen molar-refractivity contribution in [3.8, 4) is 0 Å². The fraction of sp³-hybridized carbons (Fsp3) is 0.611. The van der Waals surface area contributed by atoms with Gasteiger partial charge in [-0.2, -0.15) is 0 Å². The fourth-order valence-corrected chi connectivity index (χ4v) is 3.53. The third-order valence-corrected chi connectivity index (χ3v) is 4.60. The molecule has 3 rings (SSSR count). The third kappa shape index (κ3) is 3.44. The number of carbonyl (C=O) groups is 1. The average molecular weight is 318 g/mol. The molecule has 1 unspecified atom stereocenters. The van der Waals surface area contributed by atoms with E-state index in [0.717, 1.165) is 18.7 Å². The monoisotopic (exact) mass is 318 g/mol. The number of rotatable bonds is 2. The Morgan fingerprint density at radius 3 is 2.87 bits per heavy atom. The molecule has 3 atom stereocenters. The Labute approximate surface area is 137 Å². The molecule has 0 spiro atoms. The molecular weight excluding hydrogens is 292 g/mol. The number of carbonyl (C=O) groups excluding carboxylic acids is 1. The van der Waals surface area contributed by atoms with Crippen molar-refractivity contribution in [2.75, 3.05) is 18.4 Å². The summed E-state index contributed by atoms with van der Waals surface area (Å²) in [6, 6.07) is 8.08. The van der Waals surface area contributed by atoms with Crippen LogP contribution in [0, 0.1) is 0 Å². The second-order valence-corrected chi connectivity index (χ2v) is 7.50. The highest BCUT2D eigenvalue weighted by Gasteiger charge is 2.40. The lowest BCUT2D eigenvalue weighted by Gasteiger charge is -2.30. The van der Waals surface area contributed by atoms with Gasteiger partial charge in [0.2, 0.25) is 0 Å². The molecule has 0 bridgehead atoms. The van der Waals surface area contributed by atoms with Crippen LogP contribution in [0.25, 0.3) is 0 Å². The Morgan fingerprint density at radius 1 is 1.39 bits per heavy atom. The predicted octanol–water partition coefficient (Wildman–Crippen LogP) is 2.96. The van der Waals surface area contributed by atoms with Gasteiger partial charge in [0.05, 0.1) is 12.1 Å². The van der Waals surface area contributed by atoms with E-state index >= 15 is 0 Å². The Kier molecular flexibility index (Phi) is 4.23. The van der Waals surface area contributed by atoms with Crippen LogP contribution >= 0.6 is 0 Å². The molecule has 0 aromatic heterocycles. The first-order valence-corrected chi connectivity index (χ1v) is 8.35. The van der Waals surface area contributed by atoms with Crippen LogP contribution in [0.4, 0.5) is 10.5 Å². The summed E-state index contributed by atoms with van der Waals surface area (Å²) in [5.74, 6) is 0.314. The molecule has 2 aliphatic rings. The summed E-state index contributed by atoms with van der Waals surface area (Å²) < 4.78 is 5.49. The van der Waals surface area contributed by atoms with Gasteiger partial charge >= 0.3 is 6.09 Å². The fourth-order valence-electron chi connectivity index (χ4n) is 3.53. The number of nitrogens with zero attached hydrogens (tertiary/aromatic N) is 1. The zero-order valence-electron chi connectivity index (χ0n) is 14.1. The highest BCUT2D eigenvalue weighted by Crippen LogP contribution is 2.37. The second kappa shape index (κ2) is 6.04. The minimum Gasteiger partial charge on any atom is -0.444 e. The van der Waals surface area contributed by atoms with E-state index in [2.05, 4.69) is 17.4 Å². The number of likely N-dealkylation sites (tertiary alicyclic amines) is 1. The number of hydrogen-bond acceptors (Lipinski definition) is 4. The summed E-state index contributed by atoms with van der Waals surface area (Å²) in [6.07, 6.45) is 0.574. The van der Waals surface area contributed by atoms with Crippen LogP contribution in [0.5, 0.6) is 0 Å². The minimum atomic E-state index is -0.517. The normalized spacial score (nSPS) is 26.8. The van der Waals surface area contributed by atoms with Crippen LogP contribution in [0.3, 0.4) is 0 Å². The van der Waals surface area contributed by atoms with Crippen molar-refractivity contribution in [2.45, 2.75) is 57.3 Å². The molecule has 1 aromatic rings. The molecule has 5 nitrogen and oxygen atoms in total. The third-order valence-electron chi connectivity index (χ3n) is 4.60. The Bertz CT molecular complexity index is 582. The summed E-state index contributed by atoms with van der Waals surface area (Å²) in [6.45, 7) is 7.00. The first kappa shape index (κ1) is 16.1. The lowest BCUT2D eigenvalue weighted by atomic mass is 9.92. The quantitative estimate of drug-likeness (QED) is 0.880. The van der Waals surface area contributed by atoms with Crippen molar-refractivity contribution in [3.63, 3.8) is 0 Å².